The first-order valence-corrected chi connectivity index (χ1v) is 6.62. The van der Waals surface area contributed by atoms with E-state index in [9.17, 15) is 8.42 Å². The summed E-state index contributed by atoms with van der Waals surface area (Å²) in [6.45, 7) is 0. The summed E-state index contributed by atoms with van der Waals surface area (Å²) < 4.78 is 24.1. The summed E-state index contributed by atoms with van der Waals surface area (Å²) in [7, 11) is -1.22. The molecule has 2 aromatic rings. The van der Waals surface area contributed by atoms with Gasteiger partial charge in [-0.05, 0) is 6.07 Å². The number of fused-ring (bicyclic) bond motifs is 1. The molecule has 0 saturated heterocycles. The van der Waals surface area contributed by atoms with Gasteiger partial charge in [0.05, 0.1) is 17.0 Å². The molecule has 0 fully saturated rings. The van der Waals surface area contributed by atoms with Crippen LogP contribution in [0.3, 0.4) is 0 Å². The van der Waals surface area contributed by atoms with Crippen LogP contribution >= 0.6 is 0 Å². The summed E-state index contributed by atoms with van der Waals surface area (Å²) in [5.74, 6) is -0.00560. The molecule has 0 N–H and O–H groups in total. The predicted molar refractivity (Wildman–Crippen MR) is 59.3 cm³/mol. The van der Waals surface area contributed by atoms with Gasteiger partial charge >= 0.3 is 0 Å². The fourth-order valence-corrected chi connectivity index (χ4v) is 2.35. The Labute approximate surface area is 88.4 Å². The van der Waals surface area contributed by atoms with E-state index in [1.165, 1.54) is 6.26 Å². The Kier molecular flexibility index (Phi) is 2.26. The molecule has 1 aromatic carbocycles. The largest absolute Gasteiger partial charge is 0.268 e. The third kappa shape index (κ3) is 2.02. The van der Waals surface area contributed by atoms with E-state index < -0.39 is 9.84 Å². The molecule has 0 bridgehead atoms. The minimum absolute atomic E-state index is 0.00560. The van der Waals surface area contributed by atoms with Gasteiger partial charge in [0.2, 0.25) is 0 Å². The molecule has 80 valence electrons. The Morgan fingerprint density at radius 2 is 2.00 bits per heavy atom. The summed E-state index contributed by atoms with van der Waals surface area (Å²) in [5.41, 5.74) is 1.58. The Hall–Kier alpha value is -1.36. The van der Waals surface area contributed by atoms with E-state index in [1.807, 2.05) is 31.3 Å². The zero-order valence-corrected chi connectivity index (χ0v) is 9.45. The van der Waals surface area contributed by atoms with Crippen LogP contribution < -0.4 is 0 Å². The molecule has 0 aliphatic rings. The highest BCUT2D eigenvalue weighted by atomic mass is 32.2. The van der Waals surface area contributed by atoms with Gasteiger partial charge in [-0.1, -0.05) is 18.2 Å². The van der Waals surface area contributed by atoms with Crippen LogP contribution in [0, 0.1) is 0 Å². The Morgan fingerprint density at radius 1 is 1.33 bits per heavy atom. The van der Waals surface area contributed by atoms with Gasteiger partial charge in [0.1, 0.15) is 0 Å². The van der Waals surface area contributed by atoms with Crippen molar-refractivity contribution in [3.63, 3.8) is 0 Å². The quantitative estimate of drug-likeness (QED) is 0.768. The molecule has 0 unspecified atom stereocenters. The topological polar surface area (TPSA) is 52.0 Å². The zero-order valence-electron chi connectivity index (χ0n) is 8.64. The zero-order chi connectivity index (χ0) is 11.1. The fraction of sp³-hybridized carbons (Fsp3) is 0.300. The maximum Gasteiger partial charge on any atom is 0.153 e. The molecule has 2 rings (SSSR count). The Bertz CT molecular complexity index is 599. The van der Waals surface area contributed by atoms with Crippen LogP contribution in [-0.4, -0.2) is 24.5 Å². The number of aromatic nitrogens is 2. The Balaban J connectivity index is 2.62. The van der Waals surface area contributed by atoms with Crippen molar-refractivity contribution in [2.75, 3.05) is 6.26 Å². The smallest absolute Gasteiger partial charge is 0.153 e. The molecule has 4 nitrogen and oxygen atoms in total. The number of aryl methyl sites for hydroxylation is 1. The number of benzene rings is 1. The molecular weight excluding hydrogens is 212 g/mol. The van der Waals surface area contributed by atoms with Crippen molar-refractivity contribution in [3.8, 4) is 0 Å². The lowest BCUT2D eigenvalue weighted by Gasteiger charge is -1.94. The number of rotatable bonds is 2. The van der Waals surface area contributed by atoms with E-state index in [0.717, 1.165) is 10.9 Å². The molecule has 1 aromatic heterocycles. The van der Waals surface area contributed by atoms with Crippen molar-refractivity contribution in [2.45, 2.75) is 5.75 Å². The van der Waals surface area contributed by atoms with Gasteiger partial charge in [-0.15, -0.1) is 0 Å². The first-order chi connectivity index (χ1) is 6.97. The van der Waals surface area contributed by atoms with Crippen molar-refractivity contribution >= 4 is 20.7 Å². The van der Waals surface area contributed by atoms with E-state index >= 15 is 0 Å². The normalized spacial score (nSPS) is 12.1. The number of para-hydroxylation sites is 1. The fourth-order valence-electron chi connectivity index (χ4n) is 1.64. The average molecular weight is 224 g/mol. The van der Waals surface area contributed by atoms with Gasteiger partial charge in [0.15, 0.2) is 9.84 Å². The van der Waals surface area contributed by atoms with Gasteiger partial charge in [-0.3, -0.25) is 4.68 Å². The van der Waals surface area contributed by atoms with Crippen molar-refractivity contribution in [1.82, 2.24) is 9.78 Å². The molecule has 0 radical (unpaired) electrons. The number of hydrogen-bond acceptors (Lipinski definition) is 3. The second-order valence-corrected chi connectivity index (χ2v) is 5.80. The Morgan fingerprint density at radius 3 is 2.67 bits per heavy atom. The average Bonchev–Trinajstić information content (AvgIpc) is 2.42. The maximum atomic E-state index is 11.2. The van der Waals surface area contributed by atoms with Crippen LogP contribution in [0.5, 0.6) is 0 Å². The van der Waals surface area contributed by atoms with Crippen LogP contribution in [0.1, 0.15) is 5.69 Å². The summed E-state index contributed by atoms with van der Waals surface area (Å²) in [6.07, 6.45) is 1.22. The summed E-state index contributed by atoms with van der Waals surface area (Å²) in [6, 6.07) is 7.61. The lowest BCUT2D eigenvalue weighted by molar-refractivity contribution is 0.600. The van der Waals surface area contributed by atoms with Crippen molar-refractivity contribution in [1.29, 1.82) is 0 Å². The lowest BCUT2D eigenvalue weighted by atomic mass is 10.2. The lowest BCUT2D eigenvalue weighted by Crippen LogP contribution is -2.02. The molecule has 0 saturated carbocycles. The first kappa shape index (κ1) is 10.2. The second kappa shape index (κ2) is 3.34. The van der Waals surface area contributed by atoms with Crippen molar-refractivity contribution in [2.24, 2.45) is 7.05 Å². The van der Waals surface area contributed by atoms with Crippen LogP contribution in [0.25, 0.3) is 10.9 Å². The standard InChI is InChI=1S/C10H12N2O2S/c1-12-10-6-4-3-5-8(10)9(11-12)7-15(2,13)14/h3-6H,7H2,1-2H3. The van der Waals surface area contributed by atoms with Crippen LogP contribution in [0.4, 0.5) is 0 Å². The molecule has 0 aliphatic carbocycles. The number of nitrogens with zero attached hydrogens (tertiary/aromatic N) is 2. The van der Waals surface area contributed by atoms with E-state index in [2.05, 4.69) is 5.10 Å². The molecule has 0 atom stereocenters. The summed E-state index contributed by atoms with van der Waals surface area (Å²) >= 11 is 0. The molecule has 0 amide bonds. The van der Waals surface area contributed by atoms with Crippen LogP contribution in [-0.2, 0) is 22.6 Å². The van der Waals surface area contributed by atoms with E-state index in [0.29, 0.717) is 5.69 Å². The van der Waals surface area contributed by atoms with Gasteiger partial charge < -0.3 is 0 Å². The van der Waals surface area contributed by atoms with Crippen LogP contribution in [0.15, 0.2) is 24.3 Å². The minimum Gasteiger partial charge on any atom is -0.268 e. The maximum absolute atomic E-state index is 11.2. The third-order valence-corrected chi connectivity index (χ3v) is 3.03. The molecule has 0 spiro atoms. The number of hydrogen-bond donors (Lipinski definition) is 0. The van der Waals surface area contributed by atoms with E-state index in [1.54, 1.807) is 4.68 Å². The SMILES string of the molecule is Cn1nc(CS(C)(=O)=O)c2ccccc21. The van der Waals surface area contributed by atoms with Gasteiger partial charge in [-0.25, -0.2) is 8.42 Å². The first-order valence-electron chi connectivity index (χ1n) is 4.56. The van der Waals surface area contributed by atoms with Crippen LogP contribution in [0.2, 0.25) is 0 Å². The minimum atomic E-state index is -3.03. The summed E-state index contributed by atoms with van der Waals surface area (Å²) in [4.78, 5) is 0. The molecule has 5 heteroatoms. The van der Waals surface area contributed by atoms with Gasteiger partial charge in [0.25, 0.3) is 0 Å². The van der Waals surface area contributed by atoms with Gasteiger partial charge in [0, 0.05) is 18.7 Å². The second-order valence-electron chi connectivity index (χ2n) is 3.66. The number of sulfone groups is 1. The van der Waals surface area contributed by atoms with Gasteiger partial charge in [-0.2, -0.15) is 5.10 Å². The molecule has 15 heavy (non-hydrogen) atoms. The van der Waals surface area contributed by atoms with Crippen molar-refractivity contribution < 1.29 is 8.42 Å². The monoisotopic (exact) mass is 224 g/mol. The molecule has 1 heterocycles. The highest BCUT2D eigenvalue weighted by Crippen LogP contribution is 2.18. The van der Waals surface area contributed by atoms with E-state index in [-0.39, 0.29) is 5.75 Å². The molecular formula is C10H12N2O2S. The summed E-state index contributed by atoms with van der Waals surface area (Å²) in [5, 5.41) is 5.12. The highest BCUT2D eigenvalue weighted by molar-refractivity contribution is 7.89. The molecule has 0 aliphatic heterocycles. The third-order valence-electron chi connectivity index (χ3n) is 2.23. The highest BCUT2D eigenvalue weighted by Gasteiger charge is 2.12. The van der Waals surface area contributed by atoms with Crippen molar-refractivity contribution in [3.05, 3.63) is 30.0 Å². The predicted octanol–water partition coefficient (Wildman–Crippen LogP) is 1.12. The van der Waals surface area contributed by atoms with E-state index in [4.69, 9.17) is 0 Å².